The number of ether oxygens (including phenoxy) is 5. The third-order valence-electron chi connectivity index (χ3n) is 8.22. The van der Waals surface area contributed by atoms with Gasteiger partial charge in [-0.05, 0) is 71.1 Å². The molecular formula is C39H67ClK2O15S4. The molecule has 0 saturated carbocycles. The van der Waals surface area contributed by atoms with E-state index in [1.54, 1.807) is 0 Å². The number of halogens is 1. The molecule has 0 aliphatic carbocycles. The Kier molecular flexibility index (Phi) is 53.8. The van der Waals surface area contributed by atoms with E-state index in [0.717, 1.165) is 75.9 Å². The molecule has 4 atom stereocenters. The molecule has 15 nitrogen and oxygen atoms in total. The summed E-state index contributed by atoms with van der Waals surface area (Å²) in [7, 11) is 7.76. The Morgan fingerprint density at radius 1 is 0.705 bits per heavy atom. The van der Waals surface area contributed by atoms with Crippen LogP contribution in [0.5, 0.6) is 0 Å². The molecule has 2 unspecified atom stereocenters. The van der Waals surface area contributed by atoms with Crippen LogP contribution in [0.25, 0.3) is 0 Å². The monoisotopic (exact) mass is 1020 g/mol. The number of carboxylic acids is 1. The average Bonchev–Trinajstić information content (AvgIpc) is 3.90. The van der Waals surface area contributed by atoms with Crippen molar-refractivity contribution in [2.45, 2.75) is 179 Å². The Hall–Kier alpha value is 1.21. The van der Waals surface area contributed by atoms with Gasteiger partial charge in [0.05, 0.1) is 11.8 Å². The minimum atomic E-state index is -1.12. The fraction of sp³-hybridized carbons (Fsp3) is 0.821. The molecule has 0 aromatic rings. The average molecular weight is 1020 g/mol. The fourth-order valence-electron chi connectivity index (χ4n) is 5.49. The van der Waals surface area contributed by atoms with Crippen LogP contribution in [0, 0.1) is 11.8 Å². The zero-order valence-corrected chi connectivity index (χ0v) is 47.6. The molecular weight excluding hydrogens is 950 g/mol. The van der Waals surface area contributed by atoms with E-state index in [1.165, 1.54) is 44.6 Å². The SMILES string of the molecule is CCCC(CCC)C(=O)OC(=O)OC(C)Cl.CCCC(CCC)C(=O)OC(=O)OC(C)OC(=O)CCCC[C@H]1CCSS1.O=C(O)CCCC[C@H]1CCSS1.O=CO[O-].[H-].[K+].[K+]. The molecule has 0 aromatic heterocycles. The number of carboxylic acid groups (broad SMARTS) is 1. The first-order valence-electron chi connectivity index (χ1n) is 20.4. The zero-order valence-electron chi connectivity index (χ0n) is 38.4. The zero-order chi connectivity index (χ0) is 44.8. The molecule has 0 bridgehead atoms. The molecule has 1 N–H and O–H groups in total. The van der Waals surface area contributed by atoms with Gasteiger partial charge >= 0.3 is 139 Å². The summed E-state index contributed by atoms with van der Waals surface area (Å²) in [5, 5.41) is 18.3. The van der Waals surface area contributed by atoms with Gasteiger partial charge in [-0.2, -0.15) is 0 Å². The van der Waals surface area contributed by atoms with Crippen molar-refractivity contribution in [1.82, 2.24) is 0 Å². The largest absolute Gasteiger partial charge is 1.00 e. The summed E-state index contributed by atoms with van der Waals surface area (Å²) in [5.74, 6) is -0.226. The van der Waals surface area contributed by atoms with E-state index in [9.17, 15) is 28.8 Å². The van der Waals surface area contributed by atoms with Crippen LogP contribution in [0.3, 0.4) is 0 Å². The van der Waals surface area contributed by atoms with E-state index in [-0.39, 0.29) is 123 Å². The number of carbonyl (C=O) groups is 7. The predicted octanol–water partition coefficient (Wildman–Crippen LogP) is 4.29. The summed E-state index contributed by atoms with van der Waals surface area (Å²) in [5.41, 5.74) is -0.795. The molecule has 2 rings (SSSR count). The van der Waals surface area contributed by atoms with Gasteiger partial charge in [0.1, 0.15) is 0 Å². The molecule has 22 heteroatoms. The first-order chi connectivity index (χ1) is 28.2. The van der Waals surface area contributed by atoms with Crippen molar-refractivity contribution in [2.75, 3.05) is 11.5 Å². The predicted molar refractivity (Wildman–Crippen MR) is 232 cm³/mol. The standard InChI is InChI=1S/C19H32O6S2.C11H19ClO4.C8H14O2S2.CH2O3.2K.H/c1-4-8-15(9-5-2)18(21)25-19(22)24-14(3)23-17(20)11-7-6-10-16-12-13-26-27-16;1-4-6-9(7-5-2)10(13)16-11(14)15-8(3)12;9-8(10)4-2-1-3-7-5-6-11-12-7;2-1-4-3;;;/h14-16H,4-13H2,1-3H3;8-9H,4-7H2,1-3H3;7H,1-6H2,(H,9,10);1,3H;;;/q;;;;2*+1;-1/p-1/t14?,16-;;7-;;;;/m0.0..../s1. The maximum Gasteiger partial charge on any atom is 1.00 e. The molecule has 0 radical (unpaired) electrons. The Labute approximate surface area is 470 Å². The van der Waals surface area contributed by atoms with Crippen LogP contribution >= 0.6 is 54.8 Å². The van der Waals surface area contributed by atoms with Crippen molar-refractivity contribution in [3.8, 4) is 0 Å². The minimum absolute atomic E-state index is 0. The van der Waals surface area contributed by atoms with Crippen LogP contribution in [0.15, 0.2) is 0 Å². The van der Waals surface area contributed by atoms with Gasteiger partial charge < -0.3 is 40.4 Å². The summed E-state index contributed by atoms with van der Waals surface area (Å²) in [6, 6.07) is 0. The summed E-state index contributed by atoms with van der Waals surface area (Å²) in [4.78, 5) is 79.5. The van der Waals surface area contributed by atoms with Gasteiger partial charge in [-0.3, -0.25) is 24.0 Å². The molecule has 2 fully saturated rings. The molecule has 61 heavy (non-hydrogen) atoms. The van der Waals surface area contributed by atoms with Crippen molar-refractivity contribution >= 4 is 97.4 Å². The Balaban J connectivity index is -0.000000264. The van der Waals surface area contributed by atoms with Gasteiger partial charge in [-0.1, -0.05) is 121 Å². The van der Waals surface area contributed by atoms with E-state index in [2.05, 4.69) is 14.4 Å². The number of rotatable bonds is 24. The molecule has 2 heterocycles. The van der Waals surface area contributed by atoms with E-state index in [1.807, 2.05) is 70.9 Å². The maximum atomic E-state index is 12.0. The number of hydrogen-bond donors (Lipinski definition) is 1. The molecule has 2 saturated heterocycles. The molecule has 2 aliphatic heterocycles. The molecule has 0 spiro atoms. The minimum Gasteiger partial charge on any atom is -1.00 e. The number of hydrogen-bond acceptors (Lipinski definition) is 18. The van der Waals surface area contributed by atoms with Crippen molar-refractivity contribution in [1.29, 1.82) is 0 Å². The van der Waals surface area contributed by atoms with Crippen molar-refractivity contribution in [3.63, 3.8) is 0 Å². The van der Waals surface area contributed by atoms with E-state index < -0.39 is 48.0 Å². The number of carbonyl (C=O) groups excluding carboxylic acids is 6. The summed E-state index contributed by atoms with van der Waals surface area (Å²) < 4.78 is 23.7. The first kappa shape index (κ1) is 68.8. The van der Waals surface area contributed by atoms with Gasteiger partial charge in [0.15, 0.2) is 5.56 Å². The van der Waals surface area contributed by atoms with Crippen molar-refractivity contribution < 1.29 is 177 Å². The molecule has 0 aromatic carbocycles. The van der Waals surface area contributed by atoms with Crippen LogP contribution in [-0.4, -0.2) is 81.6 Å². The topological polar surface area (TPSA) is 218 Å². The van der Waals surface area contributed by atoms with Crippen LogP contribution in [0.1, 0.15) is 159 Å². The maximum absolute atomic E-state index is 12.0. The van der Waals surface area contributed by atoms with Crippen molar-refractivity contribution in [3.05, 3.63) is 0 Å². The van der Waals surface area contributed by atoms with Gasteiger partial charge in [-0.15, -0.1) is 0 Å². The molecule has 0 amide bonds. The molecule has 346 valence electrons. The van der Waals surface area contributed by atoms with Gasteiger partial charge in [0.2, 0.25) is 6.29 Å². The number of esters is 3. The Morgan fingerprint density at radius 2 is 1.10 bits per heavy atom. The Morgan fingerprint density at radius 3 is 1.43 bits per heavy atom. The second kappa shape index (κ2) is 47.7. The smallest absolute Gasteiger partial charge is 1.00 e. The number of alkyl halides is 1. The van der Waals surface area contributed by atoms with Crippen LogP contribution in [0.2, 0.25) is 0 Å². The molecule has 2 aliphatic rings. The number of unbranched alkanes of at least 4 members (excludes halogenated alkanes) is 2. The first-order valence-corrected chi connectivity index (χ1v) is 25.6. The van der Waals surface area contributed by atoms with Gasteiger partial charge in [0.25, 0.3) is 6.47 Å². The summed E-state index contributed by atoms with van der Waals surface area (Å²) >= 11 is 5.42. The second-order valence-electron chi connectivity index (χ2n) is 13.5. The van der Waals surface area contributed by atoms with Gasteiger partial charge in [-0.25, -0.2) is 9.59 Å². The quantitative estimate of drug-likeness (QED) is 0.0122. The second-order valence-corrected chi connectivity index (χ2v) is 19.7. The normalized spacial score (nSPS) is 15.8. The van der Waals surface area contributed by atoms with Gasteiger partial charge in [0, 0.05) is 41.8 Å². The van der Waals surface area contributed by atoms with Crippen LogP contribution in [-0.2, 0) is 52.5 Å². The van der Waals surface area contributed by atoms with E-state index >= 15 is 0 Å². The third kappa shape index (κ3) is 43.5. The number of aliphatic carboxylic acids is 1. The Bertz CT molecular complexity index is 1160. The summed E-state index contributed by atoms with van der Waals surface area (Å²) in [6.45, 7) is 10.6. The third-order valence-corrected chi connectivity index (χ3v) is 14.3. The van der Waals surface area contributed by atoms with E-state index in [0.29, 0.717) is 30.9 Å². The summed E-state index contributed by atoms with van der Waals surface area (Å²) in [6.07, 6.45) is 12.1. The van der Waals surface area contributed by atoms with Crippen LogP contribution in [0.4, 0.5) is 9.59 Å². The van der Waals surface area contributed by atoms with Crippen LogP contribution < -0.4 is 108 Å². The van der Waals surface area contributed by atoms with Crippen molar-refractivity contribution in [2.24, 2.45) is 11.8 Å². The van der Waals surface area contributed by atoms with E-state index in [4.69, 9.17) is 41.0 Å². The fourth-order valence-corrected chi connectivity index (χ4v) is 11.6.